The molecule has 0 radical (unpaired) electrons. The topological polar surface area (TPSA) is 112 Å². The lowest BCUT2D eigenvalue weighted by molar-refractivity contribution is -0.158. The molecule has 2 aliphatic rings. The molecule has 4 atom stereocenters. The highest BCUT2D eigenvalue weighted by atomic mass is 35.5. The highest BCUT2D eigenvalue weighted by molar-refractivity contribution is 7.80. The average molecular weight is 629 g/mol. The van der Waals surface area contributed by atoms with Crippen LogP contribution in [0.2, 0.25) is 5.02 Å². The van der Waals surface area contributed by atoms with E-state index in [2.05, 4.69) is 10.3 Å². The van der Waals surface area contributed by atoms with Gasteiger partial charge in [0.15, 0.2) is 10.7 Å². The Morgan fingerprint density at radius 1 is 1.00 bits per heavy atom. The first-order valence-corrected chi connectivity index (χ1v) is 14.9. The number of nitrogens with one attached hydrogen (secondary N) is 2. The van der Waals surface area contributed by atoms with E-state index in [0.29, 0.717) is 16.1 Å². The molecular weight excluding hydrogens is 600 g/mol. The van der Waals surface area contributed by atoms with Crippen LogP contribution in [0.4, 0.5) is 0 Å². The maximum atomic E-state index is 14.3. The van der Waals surface area contributed by atoms with Crippen LogP contribution < -0.4 is 5.32 Å². The number of carbonyl (C=O) groups is 4. The van der Waals surface area contributed by atoms with Gasteiger partial charge in [0, 0.05) is 40.7 Å². The van der Waals surface area contributed by atoms with Gasteiger partial charge in [0.1, 0.15) is 0 Å². The fraction of sp³-hybridized carbons (Fsp3) is 0.242. The van der Waals surface area contributed by atoms with Crippen molar-refractivity contribution in [3.05, 3.63) is 107 Å². The first kappa shape index (κ1) is 29.5. The van der Waals surface area contributed by atoms with Gasteiger partial charge in [-0.3, -0.25) is 24.6 Å². The number of para-hydroxylation sites is 1. The number of halogens is 1. The van der Waals surface area contributed by atoms with E-state index in [4.69, 9.17) is 28.6 Å². The standard InChI is InChI=1S/C33H29ClN4O5S/c1-3-37-29(40)25-26(30(37)41)33(31(42)43-2,17-21-18-35-24-12-8-7-11-23(21)24)38(27(25)19-13-15-22(34)16-14-19)32(44)36-28(39)20-9-5-4-6-10-20/h4-16,18,25-27,35H,3,17H2,1-2H3,(H,36,39,44)/t25?,26?,27-,33-/m0/s1. The van der Waals surface area contributed by atoms with Crippen molar-refractivity contribution in [1.82, 2.24) is 20.1 Å². The number of imide groups is 1. The number of nitrogens with zero attached hydrogens (tertiary/aromatic N) is 2. The molecule has 9 nitrogen and oxygen atoms in total. The summed E-state index contributed by atoms with van der Waals surface area (Å²) in [7, 11) is 1.24. The summed E-state index contributed by atoms with van der Waals surface area (Å²) in [5.74, 6) is -4.32. The minimum atomic E-state index is -1.80. The number of rotatable bonds is 6. The van der Waals surface area contributed by atoms with E-state index in [1.807, 2.05) is 24.3 Å². The van der Waals surface area contributed by atoms with Crippen LogP contribution in [0, 0.1) is 11.8 Å². The van der Waals surface area contributed by atoms with Crippen LogP contribution in [0.25, 0.3) is 10.9 Å². The summed E-state index contributed by atoms with van der Waals surface area (Å²) in [5, 5.41) is 3.98. The van der Waals surface area contributed by atoms with Gasteiger partial charge in [-0.05, 0) is 60.6 Å². The van der Waals surface area contributed by atoms with E-state index < -0.39 is 47.1 Å². The Bertz CT molecular complexity index is 1790. The van der Waals surface area contributed by atoms with Crippen LogP contribution in [0.1, 0.15) is 34.5 Å². The van der Waals surface area contributed by atoms with Gasteiger partial charge in [-0.15, -0.1) is 0 Å². The number of hydrogen-bond acceptors (Lipinski definition) is 6. The van der Waals surface area contributed by atoms with E-state index >= 15 is 0 Å². The van der Waals surface area contributed by atoms with Crippen LogP contribution in [-0.4, -0.2) is 62.8 Å². The molecule has 4 aromatic rings. The molecule has 2 fully saturated rings. The Hall–Kier alpha value is -4.54. The summed E-state index contributed by atoms with van der Waals surface area (Å²) in [6.45, 7) is 1.85. The molecule has 2 N–H and O–H groups in total. The minimum Gasteiger partial charge on any atom is -0.467 e. The molecule has 0 saturated carbocycles. The molecule has 3 amide bonds. The van der Waals surface area contributed by atoms with Gasteiger partial charge in [-0.25, -0.2) is 4.79 Å². The molecule has 2 saturated heterocycles. The number of methoxy groups -OCH3 is 1. The zero-order valence-electron chi connectivity index (χ0n) is 24.0. The van der Waals surface area contributed by atoms with Gasteiger partial charge in [-0.2, -0.15) is 0 Å². The second-order valence-corrected chi connectivity index (χ2v) is 11.7. The van der Waals surface area contributed by atoms with Gasteiger partial charge < -0.3 is 14.6 Å². The van der Waals surface area contributed by atoms with Crippen LogP contribution in [0.3, 0.4) is 0 Å². The Morgan fingerprint density at radius 3 is 2.36 bits per heavy atom. The summed E-state index contributed by atoms with van der Waals surface area (Å²) in [4.78, 5) is 62.0. The van der Waals surface area contributed by atoms with Crippen LogP contribution in [-0.2, 0) is 25.5 Å². The smallest absolute Gasteiger partial charge is 0.333 e. The predicted octanol–water partition coefficient (Wildman–Crippen LogP) is 4.67. The van der Waals surface area contributed by atoms with Crippen LogP contribution >= 0.6 is 23.8 Å². The number of aromatic nitrogens is 1. The normalized spacial score (nSPS) is 22.8. The largest absolute Gasteiger partial charge is 0.467 e. The molecule has 0 aliphatic carbocycles. The number of esters is 1. The second-order valence-electron chi connectivity index (χ2n) is 10.9. The summed E-state index contributed by atoms with van der Waals surface area (Å²) < 4.78 is 5.47. The first-order valence-electron chi connectivity index (χ1n) is 14.2. The summed E-state index contributed by atoms with van der Waals surface area (Å²) >= 11 is 12.2. The Morgan fingerprint density at radius 2 is 1.68 bits per heavy atom. The van der Waals surface area contributed by atoms with Crippen molar-refractivity contribution in [1.29, 1.82) is 0 Å². The molecule has 2 aliphatic heterocycles. The number of carbonyl (C=O) groups excluding carboxylic acids is 4. The van der Waals surface area contributed by atoms with E-state index in [-0.39, 0.29) is 18.1 Å². The monoisotopic (exact) mass is 628 g/mol. The zero-order chi connectivity index (χ0) is 31.2. The Labute approximate surface area is 264 Å². The van der Waals surface area contributed by atoms with E-state index in [9.17, 15) is 19.2 Å². The molecule has 2 unspecified atom stereocenters. The van der Waals surface area contributed by atoms with Crippen LogP contribution in [0.15, 0.2) is 85.1 Å². The third kappa shape index (κ3) is 4.56. The Kier molecular flexibility index (Phi) is 7.73. The van der Waals surface area contributed by atoms with Crippen molar-refractivity contribution in [3.8, 4) is 0 Å². The second kappa shape index (κ2) is 11.5. The van der Waals surface area contributed by atoms with Crippen molar-refractivity contribution in [2.45, 2.75) is 24.9 Å². The predicted molar refractivity (Wildman–Crippen MR) is 169 cm³/mol. The maximum absolute atomic E-state index is 14.3. The Balaban J connectivity index is 1.59. The van der Waals surface area contributed by atoms with Gasteiger partial charge in [0.2, 0.25) is 11.8 Å². The number of hydrogen-bond donors (Lipinski definition) is 2. The number of benzene rings is 3. The molecule has 0 spiro atoms. The van der Waals surface area contributed by atoms with Crippen molar-refractivity contribution < 1.29 is 23.9 Å². The fourth-order valence-corrected chi connectivity index (χ4v) is 7.32. The van der Waals surface area contributed by atoms with E-state index in [1.165, 1.54) is 12.0 Å². The molecule has 0 bridgehead atoms. The number of H-pyrrole nitrogens is 1. The van der Waals surface area contributed by atoms with E-state index in [1.54, 1.807) is 72.6 Å². The summed E-state index contributed by atoms with van der Waals surface area (Å²) in [6.07, 6.45) is 1.75. The average Bonchev–Trinajstić information content (AvgIpc) is 3.66. The zero-order valence-corrected chi connectivity index (χ0v) is 25.5. The van der Waals surface area contributed by atoms with E-state index in [0.717, 1.165) is 16.5 Å². The number of thiocarbonyl (C=S) groups is 1. The van der Waals surface area contributed by atoms with Crippen molar-refractivity contribution in [2.24, 2.45) is 11.8 Å². The van der Waals surface area contributed by atoms with Crippen molar-refractivity contribution in [2.75, 3.05) is 13.7 Å². The molecule has 6 rings (SSSR count). The summed E-state index contributed by atoms with van der Waals surface area (Å²) in [6, 6.07) is 22.0. The molecular formula is C33H29ClN4O5S. The summed E-state index contributed by atoms with van der Waals surface area (Å²) in [5.41, 5.74) is 0.707. The maximum Gasteiger partial charge on any atom is 0.333 e. The minimum absolute atomic E-state index is 0.0349. The van der Waals surface area contributed by atoms with Gasteiger partial charge in [0.25, 0.3) is 5.91 Å². The quantitative estimate of drug-likeness (QED) is 0.181. The molecule has 3 heterocycles. The third-order valence-electron chi connectivity index (χ3n) is 8.68. The lowest BCUT2D eigenvalue weighted by atomic mass is 9.75. The van der Waals surface area contributed by atoms with Gasteiger partial charge in [-0.1, -0.05) is 60.1 Å². The number of fused-ring (bicyclic) bond motifs is 2. The number of likely N-dealkylation sites (tertiary alicyclic amines) is 2. The molecule has 1 aromatic heterocycles. The number of ether oxygens (including phenoxy) is 1. The number of amides is 3. The molecule has 11 heteroatoms. The van der Waals surface area contributed by atoms with Crippen molar-refractivity contribution in [3.63, 3.8) is 0 Å². The lowest BCUT2D eigenvalue weighted by Gasteiger charge is -2.43. The molecule has 224 valence electrons. The SMILES string of the molecule is CCN1C(=O)C2C(C1=O)[C@@](Cc1c[nH]c3ccccc13)(C(=O)OC)N(C(=S)NC(=O)c1ccccc1)[C@H]2c1ccc(Cl)cc1. The first-order chi connectivity index (χ1) is 21.2. The van der Waals surface area contributed by atoms with Crippen LogP contribution in [0.5, 0.6) is 0 Å². The highest BCUT2D eigenvalue weighted by Gasteiger charge is 2.73. The fourth-order valence-electron chi connectivity index (χ4n) is 6.82. The number of aromatic amines is 1. The van der Waals surface area contributed by atoms with Gasteiger partial charge >= 0.3 is 5.97 Å². The third-order valence-corrected chi connectivity index (χ3v) is 9.23. The highest BCUT2D eigenvalue weighted by Crippen LogP contribution is 2.57. The van der Waals surface area contributed by atoms with Gasteiger partial charge in [0.05, 0.1) is 25.0 Å². The molecule has 44 heavy (non-hydrogen) atoms. The lowest BCUT2D eigenvalue weighted by Crippen LogP contribution is -2.63. The van der Waals surface area contributed by atoms with Crippen molar-refractivity contribution >= 4 is 63.5 Å². The molecule has 3 aromatic carbocycles.